The van der Waals surface area contributed by atoms with E-state index < -0.39 is 0 Å². The Kier molecular flexibility index (Phi) is 5.26. The van der Waals surface area contributed by atoms with Gasteiger partial charge >= 0.3 is 0 Å². The minimum Gasteiger partial charge on any atom is -0.381 e. The summed E-state index contributed by atoms with van der Waals surface area (Å²) in [7, 11) is 0. The molecule has 2 rings (SSSR count). The molecule has 2 unspecified atom stereocenters. The lowest BCUT2D eigenvalue weighted by Gasteiger charge is -2.15. The molecule has 2 N–H and O–H groups in total. The first-order valence-electron chi connectivity index (χ1n) is 7.07. The van der Waals surface area contributed by atoms with E-state index in [9.17, 15) is 4.79 Å². The van der Waals surface area contributed by atoms with Crippen LogP contribution in [0.25, 0.3) is 0 Å². The SMILES string of the molecule is CCC(=O)Nc1ccc(Cl)c(NCC2CCC(C)O2)c1. The second-order valence-electron chi connectivity index (χ2n) is 5.12. The highest BCUT2D eigenvalue weighted by molar-refractivity contribution is 6.33. The molecule has 5 heteroatoms. The topological polar surface area (TPSA) is 50.4 Å². The third-order valence-electron chi connectivity index (χ3n) is 3.41. The van der Waals surface area contributed by atoms with E-state index in [0.29, 0.717) is 17.5 Å². The molecule has 1 aliphatic rings. The van der Waals surface area contributed by atoms with E-state index >= 15 is 0 Å². The van der Waals surface area contributed by atoms with Gasteiger partial charge in [-0.3, -0.25) is 4.79 Å². The zero-order valence-corrected chi connectivity index (χ0v) is 12.7. The average molecular weight is 297 g/mol. The Bertz CT molecular complexity index is 479. The molecular formula is C15H21ClN2O2. The highest BCUT2D eigenvalue weighted by atomic mass is 35.5. The molecule has 1 saturated heterocycles. The lowest BCUT2D eigenvalue weighted by Crippen LogP contribution is -2.20. The molecule has 0 saturated carbocycles. The summed E-state index contributed by atoms with van der Waals surface area (Å²) in [6.45, 7) is 4.64. The van der Waals surface area contributed by atoms with Gasteiger partial charge in [-0.1, -0.05) is 18.5 Å². The largest absolute Gasteiger partial charge is 0.381 e. The zero-order valence-electron chi connectivity index (χ0n) is 11.9. The van der Waals surface area contributed by atoms with Crippen molar-refractivity contribution in [3.63, 3.8) is 0 Å². The molecule has 1 aromatic carbocycles. The number of rotatable bonds is 5. The van der Waals surface area contributed by atoms with Crippen molar-refractivity contribution in [2.24, 2.45) is 0 Å². The van der Waals surface area contributed by atoms with Crippen molar-refractivity contribution >= 4 is 28.9 Å². The summed E-state index contributed by atoms with van der Waals surface area (Å²) >= 11 is 6.16. The van der Waals surface area contributed by atoms with Gasteiger partial charge in [0.15, 0.2) is 0 Å². The van der Waals surface area contributed by atoms with Gasteiger partial charge in [0.05, 0.1) is 22.9 Å². The van der Waals surface area contributed by atoms with Gasteiger partial charge in [-0.25, -0.2) is 0 Å². The number of halogens is 1. The third kappa shape index (κ3) is 4.12. The standard InChI is InChI=1S/C15H21ClN2O2/c1-3-15(19)18-11-5-7-13(16)14(8-11)17-9-12-6-4-10(2)20-12/h5,7-8,10,12,17H,3-4,6,9H2,1-2H3,(H,18,19). The number of hydrogen-bond acceptors (Lipinski definition) is 3. The van der Waals surface area contributed by atoms with Crippen LogP contribution in [-0.2, 0) is 9.53 Å². The molecule has 1 aliphatic heterocycles. The van der Waals surface area contributed by atoms with Crippen molar-refractivity contribution in [1.82, 2.24) is 0 Å². The van der Waals surface area contributed by atoms with Crippen LogP contribution in [-0.4, -0.2) is 24.7 Å². The Hall–Kier alpha value is -1.26. The molecule has 1 fully saturated rings. The van der Waals surface area contributed by atoms with E-state index in [1.165, 1.54) is 0 Å². The lowest BCUT2D eigenvalue weighted by molar-refractivity contribution is -0.115. The molecule has 0 spiro atoms. The lowest BCUT2D eigenvalue weighted by atomic mass is 10.2. The Morgan fingerprint density at radius 2 is 2.25 bits per heavy atom. The minimum atomic E-state index is -0.00813. The van der Waals surface area contributed by atoms with Crippen molar-refractivity contribution in [3.8, 4) is 0 Å². The summed E-state index contributed by atoms with van der Waals surface area (Å²) in [6, 6.07) is 5.44. The number of anilines is 2. The predicted molar refractivity (Wildman–Crippen MR) is 82.4 cm³/mol. The summed E-state index contributed by atoms with van der Waals surface area (Å²) in [5.74, 6) is -0.00813. The van der Waals surface area contributed by atoms with E-state index in [4.69, 9.17) is 16.3 Å². The Balaban J connectivity index is 1.95. The average Bonchev–Trinajstić information content (AvgIpc) is 2.85. The molecule has 0 bridgehead atoms. The number of ether oxygens (including phenoxy) is 1. The van der Waals surface area contributed by atoms with E-state index in [-0.39, 0.29) is 12.0 Å². The first-order chi connectivity index (χ1) is 9.58. The number of carbonyl (C=O) groups is 1. The van der Waals surface area contributed by atoms with Crippen LogP contribution in [0.5, 0.6) is 0 Å². The fraction of sp³-hybridized carbons (Fsp3) is 0.533. The summed E-state index contributed by atoms with van der Waals surface area (Å²) in [5, 5.41) is 6.77. The second-order valence-corrected chi connectivity index (χ2v) is 5.53. The maximum absolute atomic E-state index is 11.4. The maximum atomic E-state index is 11.4. The summed E-state index contributed by atoms with van der Waals surface area (Å²) in [4.78, 5) is 11.4. The monoisotopic (exact) mass is 296 g/mol. The Morgan fingerprint density at radius 1 is 1.45 bits per heavy atom. The Morgan fingerprint density at radius 3 is 2.90 bits per heavy atom. The van der Waals surface area contributed by atoms with Crippen molar-refractivity contribution in [1.29, 1.82) is 0 Å². The number of carbonyl (C=O) groups excluding carboxylic acids is 1. The van der Waals surface area contributed by atoms with Crippen LogP contribution < -0.4 is 10.6 Å². The number of hydrogen-bond donors (Lipinski definition) is 2. The first-order valence-corrected chi connectivity index (χ1v) is 7.45. The molecule has 2 atom stereocenters. The van der Waals surface area contributed by atoms with E-state index in [2.05, 4.69) is 17.6 Å². The fourth-order valence-corrected chi connectivity index (χ4v) is 2.43. The van der Waals surface area contributed by atoms with E-state index in [1.54, 1.807) is 12.1 Å². The molecule has 4 nitrogen and oxygen atoms in total. The first kappa shape index (κ1) is 15.1. The van der Waals surface area contributed by atoms with Crippen molar-refractivity contribution in [2.75, 3.05) is 17.2 Å². The van der Waals surface area contributed by atoms with Crippen LogP contribution in [0.2, 0.25) is 5.02 Å². The highest BCUT2D eigenvalue weighted by Crippen LogP contribution is 2.27. The van der Waals surface area contributed by atoms with Gasteiger partial charge in [-0.05, 0) is 38.0 Å². The predicted octanol–water partition coefficient (Wildman–Crippen LogP) is 3.67. The van der Waals surface area contributed by atoms with E-state index in [1.807, 2.05) is 13.0 Å². The van der Waals surface area contributed by atoms with Gasteiger partial charge in [-0.2, -0.15) is 0 Å². The molecule has 1 heterocycles. The molecule has 1 aromatic rings. The summed E-state index contributed by atoms with van der Waals surface area (Å²) in [5.41, 5.74) is 1.58. The van der Waals surface area contributed by atoms with Crippen molar-refractivity contribution in [3.05, 3.63) is 23.2 Å². The number of benzene rings is 1. The minimum absolute atomic E-state index is 0.00813. The number of amides is 1. The van der Waals surface area contributed by atoms with Crippen LogP contribution >= 0.6 is 11.6 Å². The van der Waals surface area contributed by atoms with Gasteiger partial charge in [0, 0.05) is 18.7 Å². The van der Waals surface area contributed by atoms with Gasteiger partial charge in [0.2, 0.25) is 5.91 Å². The van der Waals surface area contributed by atoms with Crippen LogP contribution in [0.4, 0.5) is 11.4 Å². The van der Waals surface area contributed by atoms with Crippen molar-refractivity contribution in [2.45, 2.75) is 45.3 Å². The molecule has 0 aromatic heterocycles. The maximum Gasteiger partial charge on any atom is 0.224 e. The second kappa shape index (κ2) is 6.95. The van der Waals surface area contributed by atoms with Crippen molar-refractivity contribution < 1.29 is 9.53 Å². The molecule has 0 aliphatic carbocycles. The molecule has 0 radical (unpaired) electrons. The summed E-state index contributed by atoms with van der Waals surface area (Å²) < 4.78 is 5.76. The van der Waals surface area contributed by atoms with Gasteiger partial charge in [-0.15, -0.1) is 0 Å². The number of nitrogens with one attached hydrogen (secondary N) is 2. The van der Waals surface area contributed by atoms with Gasteiger partial charge in [0.25, 0.3) is 0 Å². The molecule has 20 heavy (non-hydrogen) atoms. The quantitative estimate of drug-likeness (QED) is 0.871. The molecule has 1 amide bonds. The van der Waals surface area contributed by atoms with E-state index in [0.717, 1.165) is 30.8 Å². The molecule has 110 valence electrons. The highest BCUT2D eigenvalue weighted by Gasteiger charge is 2.21. The van der Waals surface area contributed by atoms with Crippen LogP contribution in [0, 0.1) is 0 Å². The third-order valence-corrected chi connectivity index (χ3v) is 3.74. The van der Waals surface area contributed by atoms with Gasteiger partial charge < -0.3 is 15.4 Å². The normalized spacial score (nSPS) is 21.8. The fourth-order valence-electron chi connectivity index (χ4n) is 2.25. The van der Waals surface area contributed by atoms with Crippen LogP contribution in [0.15, 0.2) is 18.2 Å². The van der Waals surface area contributed by atoms with Crippen LogP contribution in [0.3, 0.4) is 0 Å². The van der Waals surface area contributed by atoms with Gasteiger partial charge in [0.1, 0.15) is 0 Å². The summed E-state index contributed by atoms with van der Waals surface area (Å²) in [6.07, 6.45) is 3.20. The zero-order chi connectivity index (χ0) is 14.5. The smallest absolute Gasteiger partial charge is 0.224 e. The Labute approximate surface area is 124 Å². The van der Waals surface area contributed by atoms with Crippen LogP contribution in [0.1, 0.15) is 33.1 Å². The molecular weight excluding hydrogens is 276 g/mol.